The molecule has 3 aromatic rings. The highest BCUT2D eigenvalue weighted by molar-refractivity contribution is 6.32. The predicted octanol–water partition coefficient (Wildman–Crippen LogP) is 3.56. The van der Waals surface area contributed by atoms with Gasteiger partial charge in [0, 0.05) is 34.7 Å². The van der Waals surface area contributed by atoms with Gasteiger partial charge in [0.25, 0.3) is 5.91 Å². The molecule has 1 saturated carbocycles. The largest absolute Gasteiger partial charge is 0.403 e. The van der Waals surface area contributed by atoms with Crippen LogP contribution in [0.3, 0.4) is 0 Å². The molecule has 3 heterocycles. The topological polar surface area (TPSA) is 117 Å². The van der Waals surface area contributed by atoms with E-state index in [1.165, 1.54) is 4.90 Å². The van der Waals surface area contributed by atoms with Crippen molar-refractivity contribution in [3.63, 3.8) is 0 Å². The van der Waals surface area contributed by atoms with Crippen molar-refractivity contribution in [2.24, 2.45) is 0 Å². The highest BCUT2D eigenvalue weighted by atomic mass is 35.5. The van der Waals surface area contributed by atoms with Crippen LogP contribution >= 0.6 is 11.6 Å². The number of rotatable bonds is 5. The average Bonchev–Trinajstić information content (AvgIpc) is 3.33. The summed E-state index contributed by atoms with van der Waals surface area (Å²) in [4.78, 5) is 38.6. The Hall–Kier alpha value is -3.72. The van der Waals surface area contributed by atoms with E-state index in [0.29, 0.717) is 34.5 Å². The van der Waals surface area contributed by atoms with Crippen molar-refractivity contribution < 1.29 is 18.8 Å². The van der Waals surface area contributed by atoms with E-state index in [0.717, 1.165) is 29.5 Å². The second-order valence-corrected chi connectivity index (χ2v) is 9.78. The summed E-state index contributed by atoms with van der Waals surface area (Å²) in [6.45, 7) is 2.25. The fourth-order valence-electron chi connectivity index (χ4n) is 4.79. The molecular weight excluding hydrogens is 470 g/mol. The van der Waals surface area contributed by atoms with Crippen molar-refractivity contribution in [3.8, 4) is 11.5 Å². The lowest BCUT2D eigenvalue weighted by atomic mass is 9.99. The first-order chi connectivity index (χ1) is 16.8. The van der Waals surface area contributed by atoms with E-state index in [4.69, 9.17) is 16.0 Å². The number of amides is 3. The van der Waals surface area contributed by atoms with Crippen molar-refractivity contribution in [2.75, 3.05) is 5.32 Å². The van der Waals surface area contributed by atoms with Gasteiger partial charge in [-0.05, 0) is 56.0 Å². The maximum atomic E-state index is 13.3. The molecule has 2 fully saturated rings. The monoisotopic (exact) mass is 491 g/mol. The number of piperidine rings is 1. The minimum atomic E-state index is -0.682. The summed E-state index contributed by atoms with van der Waals surface area (Å²) in [6.07, 6.45) is 2.14. The van der Waals surface area contributed by atoms with E-state index in [9.17, 15) is 14.4 Å². The van der Waals surface area contributed by atoms with E-state index in [2.05, 4.69) is 20.8 Å². The smallest absolute Gasteiger partial charge is 0.316 e. The highest BCUT2D eigenvalue weighted by Crippen LogP contribution is 2.50. The van der Waals surface area contributed by atoms with Gasteiger partial charge in [-0.2, -0.15) is 0 Å². The molecule has 0 radical (unpaired) electrons. The van der Waals surface area contributed by atoms with E-state index in [-0.39, 0.29) is 24.8 Å². The Labute approximate surface area is 205 Å². The number of nitrogens with zero attached hydrogens (tertiary/aromatic N) is 3. The van der Waals surface area contributed by atoms with Gasteiger partial charge in [-0.25, -0.2) is 0 Å². The third-order valence-corrected chi connectivity index (χ3v) is 7.31. The number of nitrogens with one attached hydrogen (secondary N) is 2. The SMILES string of the molecule is Cc1ccc(-c2nnc(NC3(c4cc(Cl)c5c(c4)C(=O)N(C4CCC(=O)NC4=O)C5)CC3)o2)cc1. The number of carbonyl (C=O) groups is 3. The first kappa shape index (κ1) is 21.8. The lowest BCUT2D eigenvalue weighted by Gasteiger charge is -2.29. The van der Waals surface area contributed by atoms with Gasteiger partial charge >= 0.3 is 6.01 Å². The first-order valence-corrected chi connectivity index (χ1v) is 11.9. The number of aromatic nitrogens is 2. The Morgan fingerprint density at radius 2 is 1.91 bits per heavy atom. The maximum Gasteiger partial charge on any atom is 0.316 e. The van der Waals surface area contributed by atoms with Crippen molar-refractivity contribution in [2.45, 2.75) is 50.7 Å². The molecule has 9 nitrogen and oxygen atoms in total. The standard InChI is InChI=1S/C25H22ClN5O4/c1-13-2-4-14(5-3-13)22-29-30-24(35-22)28-25(8-9-25)15-10-16-17(18(26)11-15)12-31(23(16)34)19-6-7-20(32)27-21(19)33/h2-5,10-11,19H,6-9,12H2,1H3,(H,28,30)(H,27,32,33). The fourth-order valence-corrected chi connectivity index (χ4v) is 5.07. The molecule has 178 valence electrons. The molecule has 10 heteroatoms. The number of anilines is 1. The van der Waals surface area contributed by atoms with Crippen LogP contribution in [0.15, 0.2) is 40.8 Å². The molecular formula is C25H22ClN5O4. The van der Waals surface area contributed by atoms with Gasteiger partial charge < -0.3 is 14.6 Å². The van der Waals surface area contributed by atoms with Gasteiger partial charge in [-0.1, -0.05) is 34.4 Å². The van der Waals surface area contributed by atoms with E-state index in [1.807, 2.05) is 43.3 Å². The molecule has 2 aliphatic heterocycles. The number of benzene rings is 2. The number of aryl methyl sites for hydroxylation is 1. The zero-order valence-corrected chi connectivity index (χ0v) is 19.7. The van der Waals surface area contributed by atoms with Gasteiger partial charge in [-0.15, -0.1) is 5.10 Å². The Balaban J connectivity index is 1.25. The first-order valence-electron chi connectivity index (χ1n) is 11.5. The number of halogens is 1. The lowest BCUT2D eigenvalue weighted by Crippen LogP contribution is -2.52. The minimum Gasteiger partial charge on any atom is -0.403 e. The summed E-state index contributed by atoms with van der Waals surface area (Å²) < 4.78 is 5.85. The Kier molecular flexibility index (Phi) is 4.93. The summed E-state index contributed by atoms with van der Waals surface area (Å²) >= 11 is 6.62. The van der Waals surface area contributed by atoms with E-state index < -0.39 is 17.5 Å². The van der Waals surface area contributed by atoms with Gasteiger partial charge in [0.05, 0.1) is 5.54 Å². The van der Waals surface area contributed by atoms with Gasteiger partial charge in [-0.3, -0.25) is 19.7 Å². The third-order valence-electron chi connectivity index (χ3n) is 6.97. The average molecular weight is 492 g/mol. The van der Waals surface area contributed by atoms with Gasteiger partial charge in [0.15, 0.2) is 0 Å². The van der Waals surface area contributed by atoms with Crippen LogP contribution in [0.25, 0.3) is 11.5 Å². The summed E-state index contributed by atoms with van der Waals surface area (Å²) in [5.41, 5.74) is 3.55. The molecule has 0 bridgehead atoms. The van der Waals surface area contributed by atoms with Crippen LogP contribution in [0.5, 0.6) is 0 Å². The van der Waals surface area contributed by atoms with Crippen molar-refractivity contribution in [3.05, 3.63) is 63.7 Å². The normalized spacial score (nSPS) is 20.6. The Morgan fingerprint density at radius 1 is 1.14 bits per heavy atom. The van der Waals surface area contributed by atoms with E-state index in [1.54, 1.807) is 0 Å². The molecule has 6 rings (SSSR count). The van der Waals surface area contributed by atoms with Crippen LogP contribution in [-0.4, -0.2) is 38.9 Å². The zero-order chi connectivity index (χ0) is 24.3. The minimum absolute atomic E-state index is 0.206. The van der Waals surface area contributed by atoms with Crippen LogP contribution < -0.4 is 10.6 Å². The zero-order valence-electron chi connectivity index (χ0n) is 18.9. The van der Waals surface area contributed by atoms with Crippen LogP contribution in [-0.2, 0) is 21.7 Å². The van der Waals surface area contributed by atoms with Crippen molar-refractivity contribution >= 4 is 35.3 Å². The third kappa shape index (κ3) is 3.76. The molecule has 0 spiro atoms. The number of hydrogen-bond acceptors (Lipinski definition) is 7. The number of carbonyl (C=O) groups excluding carboxylic acids is 3. The Bertz CT molecular complexity index is 1380. The summed E-state index contributed by atoms with van der Waals surface area (Å²) in [5.74, 6) is -0.595. The molecule has 3 amide bonds. The molecule has 3 aliphatic rings. The summed E-state index contributed by atoms with van der Waals surface area (Å²) in [7, 11) is 0. The highest BCUT2D eigenvalue weighted by Gasteiger charge is 2.48. The Morgan fingerprint density at radius 3 is 2.63 bits per heavy atom. The molecule has 2 N–H and O–H groups in total. The number of fused-ring (bicyclic) bond motifs is 1. The number of imide groups is 1. The lowest BCUT2D eigenvalue weighted by molar-refractivity contribution is -0.136. The van der Waals surface area contributed by atoms with Crippen molar-refractivity contribution in [1.82, 2.24) is 20.4 Å². The van der Waals surface area contributed by atoms with Crippen LogP contribution in [0.1, 0.15) is 52.7 Å². The quantitative estimate of drug-likeness (QED) is 0.524. The summed E-state index contributed by atoms with van der Waals surface area (Å²) in [5, 5.41) is 14.4. The second kappa shape index (κ2) is 7.91. The second-order valence-electron chi connectivity index (χ2n) is 9.37. The van der Waals surface area contributed by atoms with Crippen molar-refractivity contribution in [1.29, 1.82) is 0 Å². The molecule has 2 aromatic carbocycles. The summed E-state index contributed by atoms with van der Waals surface area (Å²) in [6, 6.07) is 11.1. The van der Waals surface area contributed by atoms with Gasteiger partial charge in [0.1, 0.15) is 6.04 Å². The van der Waals surface area contributed by atoms with Crippen LogP contribution in [0, 0.1) is 6.92 Å². The van der Waals surface area contributed by atoms with Crippen LogP contribution in [0.2, 0.25) is 5.02 Å². The molecule has 1 atom stereocenters. The molecule has 35 heavy (non-hydrogen) atoms. The number of hydrogen-bond donors (Lipinski definition) is 2. The molecule has 1 unspecified atom stereocenters. The fraction of sp³-hybridized carbons (Fsp3) is 0.320. The molecule has 1 aromatic heterocycles. The predicted molar refractivity (Wildman–Crippen MR) is 127 cm³/mol. The molecule has 1 saturated heterocycles. The van der Waals surface area contributed by atoms with Crippen LogP contribution in [0.4, 0.5) is 6.01 Å². The maximum absolute atomic E-state index is 13.3. The van der Waals surface area contributed by atoms with Gasteiger partial charge in [0.2, 0.25) is 17.7 Å². The molecule has 1 aliphatic carbocycles. The van der Waals surface area contributed by atoms with E-state index >= 15 is 0 Å².